The summed E-state index contributed by atoms with van der Waals surface area (Å²) in [6.45, 7) is -0.590. The summed E-state index contributed by atoms with van der Waals surface area (Å²) in [5.74, 6) is -0.709. The second-order valence-corrected chi connectivity index (χ2v) is 7.16. The molecule has 5 atom stereocenters. The van der Waals surface area contributed by atoms with E-state index in [-0.39, 0.29) is 34.3 Å². The van der Waals surface area contributed by atoms with Crippen LogP contribution in [-0.2, 0) is 4.74 Å². The first-order valence-electron chi connectivity index (χ1n) is 9.36. The van der Waals surface area contributed by atoms with E-state index in [2.05, 4.69) is 0 Å². The number of allylic oxidation sites excluding steroid dienone is 1. The molecule has 2 aromatic rings. The molecule has 1 fully saturated rings. The minimum Gasteiger partial charge on any atom is -0.504 e. The van der Waals surface area contributed by atoms with E-state index in [0.29, 0.717) is 5.56 Å². The normalized spacial score (nSPS) is 29.0. The summed E-state index contributed by atoms with van der Waals surface area (Å²) < 4.78 is 16.4. The van der Waals surface area contributed by atoms with Crippen LogP contribution >= 0.6 is 0 Å². The second-order valence-electron chi connectivity index (χ2n) is 7.16. The molecule has 0 amide bonds. The highest BCUT2D eigenvalue weighted by atomic mass is 16.7. The number of carbonyl (C=O) groups is 1. The largest absolute Gasteiger partial charge is 0.504 e. The van der Waals surface area contributed by atoms with Crippen molar-refractivity contribution in [2.24, 2.45) is 0 Å². The number of ketones is 1. The van der Waals surface area contributed by atoms with Gasteiger partial charge >= 0.3 is 0 Å². The van der Waals surface area contributed by atoms with E-state index in [1.165, 1.54) is 42.5 Å². The van der Waals surface area contributed by atoms with Gasteiger partial charge in [-0.2, -0.15) is 0 Å². The zero-order valence-corrected chi connectivity index (χ0v) is 16.0. The molecule has 0 aliphatic carbocycles. The molecule has 4 rings (SSSR count). The fourth-order valence-electron chi connectivity index (χ4n) is 3.32. The van der Waals surface area contributed by atoms with Gasteiger partial charge in [-0.15, -0.1) is 0 Å². The molecule has 31 heavy (non-hydrogen) atoms. The van der Waals surface area contributed by atoms with Gasteiger partial charge in [0.1, 0.15) is 35.9 Å². The number of aliphatic hydroxyl groups excluding tert-OH is 4. The first-order chi connectivity index (χ1) is 14.8. The molecule has 1 saturated heterocycles. The Morgan fingerprint density at radius 2 is 1.74 bits per heavy atom. The van der Waals surface area contributed by atoms with Crippen LogP contribution in [0.4, 0.5) is 0 Å². The van der Waals surface area contributed by atoms with E-state index in [1.54, 1.807) is 0 Å². The van der Waals surface area contributed by atoms with Crippen LogP contribution in [0, 0.1) is 0 Å². The highest BCUT2D eigenvalue weighted by Gasteiger charge is 2.44. The van der Waals surface area contributed by atoms with Crippen molar-refractivity contribution in [2.45, 2.75) is 30.7 Å². The summed E-state index contributed by atoms with van der Waals surface area (Å²) in [6, 6.07) is 8.33. The number of phenolic OH excluding ortho intramolecular Hbond substituents is 2. The van der Waals surface area contributed by atoms with Gasteiger partial charge in [-0.05, 0) is 35.9 Å². The molecule has 2 heterocycles. The van der Waals surface area contributed by atoms with Crippen molar-refractivity contribution in [3.8, 4) is 23.0 Å². The first-order valence-corrected chi connectivity index (χ1v) is 9.36. The lowest BCUT2D eigenvalue weighted by Gasteiger charge is -2.39. The second kappa shape index (κ2) is 8.17. The zero-order valence-electron chi connectivity index (χ0n) is 16.0. The predicted octanol–water partition coefficient (Wildman–Crippen LogP) is -0.107. The van der Waals surface area contributed by atoms with Crippen LogP contribution in [0.1, 0.15) is 15.9 Å². The average molecular weight is 432 g/mol. The van der Waals surface area contributed by atoms with Crippen molar-refractivity contribution in [2.75, 3.05) is 6.61 Å². The van der Waals surface area contributed by atoms with E-state index in [4.69, 9.17) is 14.2 Å². The third-order valence-corrected chi connectivity index (χ3v) is 5.04. The molecule has 2 aliphatic rings. The summed E-state index contributed by atoms with van der Waals surface area (Å²) in [4.78, 5) is 12.6. The number of aliphatic hydroxyl groups is 4. The maximum Gasteiger partial charge on any atom is 0.231 e. The third-order valence-electron chi connectivity index (χ3n) is 5.04. The molecule has 0 spiro atoms. The van der Waals surface area contributed by atoms with Gasteiger partial charge in [-0.1, -0.05) is 6.07 Å². The maximum absolute atomic E-state index is 12.6. The van der Waals surface area contributed by atoms with E-state index in [9.17, 15) is 35.4 Å². The summed E-state index contributed by atoms with van der Waals surface area (Å²) in [5.41, 5.74) is 0.694. The highest BCUT2D eigenvalue weighted by Crippen LogP contribution is 2.36. The van der Waals surface area contributed by atoms with Gasteiger partial charge in [0.15, 0.2) is 17.3 Å². The molecule has 2 aromatic carbocycles. The van der Waals surface area contributed by atoms with E-state index in [0.717, 1.165) is 0 Å². The number of benzene rings is 2. The highest BCUT2D eigenvalue weighted by molar-refractivity contribution is 6.14. The van der Waals surface area contributed by atoms with Crippen molar-refractivity contribution in [3.05, 3.63) is 53.3 Å². The number of Topliss-reactive ketones (excluding diaryl/α,β-unsaturated/α-hetero) is 1. The first kappa shape index (κ1) is 21.1. The van der Waals surface area contributed by atoms with Crippen LogP contribution in [0.25, 0.3) is 6.08 Å². The van der Waals surface area contributed by atoms with E-state index in [1.807, 2.05) is 0 Å². The molecule has 0 saturated carbocycles. The minimum absolute atomic E-state index is 0.00919. The smallest absolute Gasteiger partial charge is 0.231 e. The topological polar surface area (TPSA) is 166 Å². The quantitative estimate of drug-likeness (QED) is 0.283. The van der Waals surface area contributed by atoms with Crippen LogP contribution in [0.3, 0.4) is 0 Å². The molecule has 164 valence electrons. The molecule has 10 nitrogen and oxygen atoms in total. The van der Waals surface area contributed by atoms with Gasteiger partial charge < -0.3 is 44.8 Å². The third kappa shape index (κ3) is 3.94. The number of phenols is 2. The summed E-state index contributed by atoms with van der Waals surface area (Å²) in [5, 5.41) is 58.0. The summed E-state index contributed by atoms with van der Waals surface area (Å²) >= 11 is 0. The number of hydrogen-bond donors (Lipinski definition) is 6. The molecular formula is C21H20O10. The lowest BCUT2D eigenvalue weighted by atomic mass is 9.99. The predicted molar refractivity (Wildman–Crippen MR) is 104 cm³/mol. The lowest BCUT2D eigenvalue weighted by Crippen LogP contribution is -2.60. The molecule has 2 aliphatic heterocycles. The summed E-state index contributed by atoms with van der Waals surface area (Å²) in [7, 11) is 0. The lowest BCUT2D eigenvalue weighted by molar-refractivity contribution is -0.277. The van der Waals surface area contributed by atoms with Gasteiger partial charge in [0.25, 0.3) is 0 Å². The molecule has 0 bridgehead atoms. The molecular weight excluding hydrogens is 412 g/mol. The Morgan fingerprint density at radius 3 is 2.45 bits per heavy atom. The van der Waals surface area contributed by atoms with E-state index >= 15 is 0 Å². The molecule has 0 radical (unpaired) electrons. The fraction of sp³-hybridized carbons (Fsp3) is 0.286. The van der Waals surface area contributed by atoms with Gasteiger partial charge in [-0.25, -0.2) is 0 Å². The molecule has 0 aromatic heterocycles. The van der Waals surface area contributed by atoms with Gasteiger partial charge in [0, 0.05) is 6.07 Å². The Hall–Kier alpha value is -3.15. The number of fused-ring (bicyclic) bond motifs is 1. The Balaban J connectivity index is 1.53. The van der Waals surface area contributed by atoms with E-state index < -0.39 is 43.1 Å². The monoisotopic (exact) mass is 432 g/mol. The van der Waals surface area contributed by atoms with Crippen LogP contribution < -0.4 is 9.47 Å². The molecule has 0 unspecified atom stereocenters. The Morgan fingerprint density at radius 1 is 0.968 bits per heavy atom. The van der Waals surface area contributed by atoms with Crippen molar-refractivity contribution < 1.29 is 49.6 Å². The number of rotatable bonds is 4. The standard InChI is InChI=1S/C21H20O10/c22-8-16-18(26)19(27)20(28)21(31-16)29-10-2-3-11-14(7-10)30-15(17(11)25)6-9-1-4-12(23)13(24)5-9/h1-7,16,18-24,26-28H,8H2/b15-6+/t16-,18-,19+,20-,21-/m1/s1. The van der Waals surface area contributed by atoms with Gasteiger partial charge in [0.05, 0.1) is 12.2 Å². The number of hydrogen-bond acceptors (Lipinski definition) is 10. The average Bonchev–Trinajstić information content (AvgIpc) is 3.05. The van der Waals surface area contributed by atoms with Gasteiger partial charge in [0.2, 0.25) is 12.1 Å². The number of carbonyl (C=O) groups excluding carboxylic acids is 1. The number of ether oxygens (including phenoxy) is 3. The Labute approximate surface area is 175 Å². The van der Waals surface area contributed by atoms with Crippen LogP contribution in [0.2, 0.25) is 0 Å². The van der Waals surface area contributed by atoms with Crippen molar-refractivity contribution in [3.63, 3.8) is 0 Å². The Bertz CT molecular complexity index is 1030. The van der Waals surface area contributed by atoms with Crippen molar-refractivity contribution in [1.82, 2.24) is 0 Å². The molecule has 6 N–H and O–H groups in total. The maximum atomic E-state index is 12.6. The van der Waals surface area contributed by atoms with Crippen LogP contribution in [0.15, 0.2) is 42.2 Å². The van der Waals surface area contributed by atoms with Gasteiger partial charge in [-0.3, -0.25) is 4.79 Å². The fourth-order valence-corrected chi connectivity index (χ4v) is 3.32. The van der Waals surface area contributed by atoms with Crippen LogP contribution in [0.5, 0.6) is 23.0 Å². The summed E-state index contributed by atoms with van der Waals surface area (Å²) in [6.07, 6.45) is -5.76. The van der Waals surface area contributed by atoms with Crippen LogP contribution in [-0.4, -0.2) is 73.7 Å². The molecule has 10 heteroatoms. The minimum atomic E-state index is -1.58. The number of aromatic hydroxyl groups is 2. The van der Waals surface area contributed by atoms with Crippen molar-refractivity contribution >= 4 is 11.9 Å². The SMILES string of the molecule is O=C1/C(=C\c2ccc(O)c(O)c2)Oc2cc(O[C@@H]3O[C@H](CO)[C@@H](O)[C@H](O)[C@H]3O)ccc21. The Kier molecular flexibility index (Phi) is 5.56. The van der Waals surface area contributed by atoms with Crippen molar-refractivity contribution in [1.29, 1.82) is 0 Å². The zero-order chi connectivity index (χ0) is 22.3.